The van der Waals surface area contributed by atoms with Crippen LogP contribution in [0, 0.1) is 0 Å². The molecule has 0 fully saturated rings. The molecule has 0 bridgehead atoms. The third-order valence-corrected chi connectivity index (χ3v) is 4.38. The van der Waals surface area contributed by atoms with Crippen LogP contribution in [0.15, 0.2) is 60.7 Å². The SMILES string of the molecule is COc1ccccc1CN1C(=O)c2cccc3cccc(c23)C1=O. The maximum absolute atomic E-state index is 12.9. The summed E-state index contributed by atoms with van der Waals surface area (Å²) >= 11 is 0. The van der Waals surface area contributed by atoms with Crippen LogP contribution in [0.5, 0.6) is 5.75 Å². The highest BCUT2D eigenvalue weighted by Gasteiger charge is 2.32. The quantitative estimate of drug-likeness (QED) is 0.693. The number of imide groups is 1. The molecule has 24 heavy (non-hydrogen) atoms. The average Bonchev–Trinajstić information content (AvgIpc) is 2.63. The molecule has 4 rings (SSSR count). The molecule has 0 saturated heterocycles. The molecule has 0 unspecified atom stereocenters. The Balaban J connectivity index is 1.82. The molecule has 0 atom stereocenters. The number of rotatable bonds is 3. The van der Waals surface area contributed by atoms with Crippen molar-refractivity contribution < 1.29 is 14.3 Å². The summed E-state index contributed by atoms with van der Waals surface area (Å²) in [4.78, 5) is 27.1. The summed E-state index contributed by atoms with van der Waals surface area (Å²) in [7, 11) is 1.58. The fourth-order valence-corrected chi connectivity index (χ4v) is 3.23. The minimum Gasteiger partial charge on any atom is -0.496 e. The summed E-state index contributed by atoms with van der Waals surface area (Å²) in [6.45, 7) is 0.187. The lowest BCUT2D eigenvalue weighted by molar-refractivity contribution is 0.0597. The van der Waals surface area contributed by atoms with E-state index < -0.39 is 0 Å². The van der Waals surface area contributed by atoms with Crippen LogP contribution in [0.2, 0.25) is 0 Å². The third kappa shape index (κ3) is 2.07. The van der Waals surface area contributed by atoms with Gasteiger partial charge in [-0.25, -0.2) is 0 Å². The molecular formula is C20H15NO3. The molecule has 4 nitrogen and oxygen atoms in total. The molecule has 4 heteroatoms. The predicted octanol–water partition coefficient (Wildman–Crippen LogP) is 3.64. The topological polar surface area (TPSA) is 46.6 Å². The normalized spacial score (nSPS) is 13.5. The van der Waals surface area contributed by atoms with Crippen LogP contribution in [0.25, 0.3) is 10.8 Å². The zero-order chi connectivity index (χ0) is 16.7. The molecule has 0 N–H and O–H groups in total. The molecule has 1 aliphatic heterocycles. The van der Waals surface area contributed by atoms with E-state index in [1.165, 1.54) is 4.90 Å². The van der Waals surface area contributed by atoms with Crippen molar-refractivity contribution in [1.82, 2.24) is 4.90 Å². The second-order valence-electron chi connectivity index (χ2n) is 5.72. The van der Waals surface area contributed by atoms with Gasteiger partial charge in [-0.2, -0.15) is 0 Å². The van der Waals surface area contributed by atoms with Crippen molar-refractivity contribution in [2.75, 3.05) is 7.11 Å². The van der Waals surface area contributed by atoms with Gasteiger partial charge in [0.1, 0.15) is 5.75 Å². The van der Waals surface area contributed by atoms with Gasteiger partial charge < -0.3 is 4.74 Å². The summed E-state index contributed by atoms with van der Waals surface area (Å²) in [6.07, 6.45) is 0. The van der Waals surface area contributed by atoms with Gasteiger partial charge in [0.2, 0.25) is 0 Å². The Hall–Kier alpha value is -3.14. The van der Waals surface area contributed by atoms with Crippen molar-refractivity contribution >= 4 is 22.6 Å². The van der Waals surface area contributed by atoms with Gasteiger partial charge in [0.05, 0.1) is 13.7 Å². The minimum atomic E-state index is -0.268. The molecule has 1 heterocycles. The Morgan fingerprint density at radius 2 is 1.46 bits per heavy atom. The first kappa shape index (κ1) is 14.5. The number of nitrogens with zero attached hydrogens (tertiary/aromatic N) is 1. The third-order valence-electron chi connectivity index (χ3n) is 4.38. The Morgan fingerprint density at radius 1 is 0.833 bits per heavy atom. The van der Waals surface area contributed by atoms with E-state index >= 15 is 0 Å². The maximum Gasteiger partial charge on any atom is 0.261 e. The molecule has 0 radical (unpaired) electrons. The number of para-hydroxylation sites is 1. The van der Waals surface area contributed by atoms with Gasteiger partial charge in [-0.05, 0) is 23.6 Å². The first-order valence-corrected chi connectivity index (χ1v) is 7.70. The lowest BCUT2D eigenvalue weighted by atomic mass is 9.94. The van der Waals surface area contributed by atoms with Gasteiger partial charge in [-0.3, -0.25) is 14.5 Å². The standard InChI is InChI=1S/C20H15NO3/c1-24-17-11-3-2-6-14(17)12-21-19(22)15-9-4-7-13-8-5-10-16(18(13)15)20(21)23/h2-11H,12H2,1H3. The van der Waals surface area contributed by atoms with Crippen LogP contribution in [0.1, 0.15) is 26.3 Å². The van der Waals surface area contributed by atoms with E-state index in [1.54, 1.807) is 19.2 Å². The van der Waals surface area contributed by atoms with E-state index in [0.29, 0.717) is 16.9 Å². The molecule has 0 saturated carbocycles. The smallest absolute Gasteiger partial charge is 0.261 e. The largest absolute Gasteiger partial charge is 0.496 e. The van der Waals surface area contributed by atoms with E-state index in [4.69, 9.17) is 4.74 Å². The number of ether oxygens (including phenoxy) is 1. The number of benzene rings is 3. The highest BCUT2D eigenvalue weighted by atomic mass is 16.5. The Labute approximate surface area is 139 Å². The van der Waals surface area contributed by atoms with Crippen LogP contribution in [-0.2, 0) is 6.54 Å². The Morgan fingerprint density at radius 3 is 2.08 bits per heavy atom. The van der Waals surface area contributed by atoms with Gasteiger partial charge in [0.25, 0.3) is 11.8 Å². The summed E-state index contributed by atoms with van der Waals surface area (Å²) in [5.41, 5.74) is 1.93. The molecule has 3 aromatic rings. The molecule has 3 aromatic carbocycles. The second-order valence-corrected chi connectivity index (χ2v) is 5.72. The first-order chi connectivity index (χ1) is 11.7. The monoisotopic (exact) mass is 317 g/mol. The summed E-state index contributed by atoms with van der Waals surface area (Å²) in [5.74, 6) is 0.126. The van der Waals surface area contributed by atoms with E-state index in [-0.39, 0.29) is 18.4 Å². The Bertz CT molecular complexity index is 927. The number of carbonyl (C=O) groups is 2. The summed E-state index contributed by atoms with van der Waals surface area (Å²) in [5, 5.41) is 1.65. The van der Waals surface area contributed by atoms with Gasteiger partial charge in [0, 0.05) is 22.1 Å². The summed E-state index contributed by atoms with van der Waals surface area (Å²) in [6, 6.07) is 18.5. The lowest BCUT2D eigenvalue weighted by Gasteiger charge is -2.27. The summed E-state index contributed by atoms with van der Waals surface area (Å²) < 4.78 is 5.34. The highest BCUT2D eigenvalue weighted by Crippen LogP contribution is 2.31. The van der Waals surface area contributed by atoms with Crippen molar-refractivity contribution in [3.63, 3.8) is 0 Å². The van der Waals surface area contributed by atoms with E-state index in [9.17, 15) is 9.59 Å². The zero-order valence-electron chi connectivity index (χ0n) is 13.2. The maximum atomic E-state index is 12.9. The van der Waals surface area contributed by atoms with Crippen LogP contribution in [0.3, 0.4) is 0 Å². The number of methoxy groups -OCH3 is 1. The fraction of sp³-hybridized carbons (Fsp3) is 0.100. The number of amides is 2. The van der Waals surface area contributed by atoms with Crippen molar-refractivity contribution in [2.45, 2.75) is 6.54 Å². The van der Waals surface area contributed by atoms with E-state index in [0.717, 1.165) is 16.3 Å². The number of hydrogen-bond donors (Lipinski definition) is 0. The first-order valence-electron chi connectivity index (χ1n) is 7.70. The van der Waals surface area contributed by atoms with Crippen molar-refractivity contribution in [1.29, 1.82) is 0 Å². The van der Waals surface area contributed by atoms with Gasteiger partial charge in [0.15, 0.2) is 0 Å². The van der Waals surface area contributed by atoms with Gasteiger partial charge >= 0.3 is 0 Å². The molecule has 0 aliphatic carbocycles. The minimum absolute atomic E-state index is 0.187. The molecule has 1 aliphatic rings. The van der Waals surface area contributed by atoms with Crippen LogP contribution in [0.4, 0.5) is 0 Å². The molecular weight excluding hydrogens is 302 g/mol. The highest BCUT2D eigenvalue weighted by molar-refractivity contribution is 6.25. The van der Waals surface area contributed by atoms with Gasteiger partial charge in [-0.1, -0.05) is 42.5 Å². The van der Waals surface area contributed by atoms with E-state index in [1.807, 2.05) is 48.5 Å². The average molecular weight is 317 g/mol. The van der Waals surface area contributed by atoms with Crippen molar-refractivity contribution in [3.05, 3.63) is 77.4 Å². The number of carbonyl (C=O) groups excluding carboxylic acids is 2. The van der Waals surface area contributed by atoms with Gasteiger partial charge in [-0.15, -0.1) is 0 Å². The van der Waals surface area contributed by atoms with Crippen LogP contribution < -0.4 is 4.74 Å². The van der Waals surface area contributed by atoms with Crippen molar-refractivity contribution in [2.24, 2.45) is 0 Å². The fourth-order valence-electron chi connectivity index (χ4n) is 3.23. The lowest BCUT2D eigenvalue weighted by Crippen LogP contribution is -2.39. The Kier molecular flexibility index (Phi) is 3.31. The van der Waals surface area contributed by atoms with E-state index in [2.05, 4.69) is 0 Å². The van der Waals surface area contributed by atoms with Crippen molar-refractivity contribution in [3.8, 4) is 5.75 Å². The van der Waals surface area contributed by atoms with Crippen LogP contribution in [-0.4, -0.2) is 23.8 Å². The zero-order valence-corrected chi connectivity index (χ0v) is 13.2. The molecule has 0 aromatic heterocycles. The number of hydrogen-bond acceptors (Lipinski definition) is 3. The molecule has 0 spiro atoms. The van der Waals surface area contributed by atoms with Crippen LogP contribution >= 0.6 is 0 Å². The predicted molar refractivity (Wildman–Crippen MR) is 91.1 cm³/mol. The molecule has 2 amide bonds. The second kappa shape index (κ2) is 5.49. The molecule has 118 valence electrons.